The van der Waals surface area contributed by atoms with E-state index in [4.69, 9.17) is 19.4 Å². The van der Waals surface area contributed by atoms with Crippen LogP contribution in [0.3, 0.4) is 0 Å². The van der Waals surface area contributed by atoms with Gasteiger partial charge in [0.25, 0.3) is 0 Å². The zero-order valence-electron chi connectivity index (χ0n) is 30.4. The normalized spacial score (nSPS) is 11.9. The van der Waals surface area contributed by atoms with Crippen LogP contribution >= 0.6 is 11.3 Å². The summed E-state index contributed by atoms with van der Waals surface area (Å²) in [4.78, 5) is 15.3. The summed E-state index contributed by atoms with van der Waals surface area (Å²) in [5.74, 6) is 1.83. The molecule has 0 aliphatic rings. The van der Waals surface area contributed by atoms with Crippen molar-refractivity contribution in [1.82, 2.24) is 19.5 Å². The number of rotatable bonds is 5. The Kier molecular flexibility index (Phi) is 7.03. The molecule has 0 fully saturated rings. The monoisotopic (exact) mass is 746 g/mol. The molecule has 0 aliphatic heterocycles. The predicted molar refractivity (Wildman–Crippen MR) is 236 cm³/mol. The third kappa shape index (κ3) is 4.98. The molecule has 0 saturated heterocycles. The molecule has 4 aromatic heterocycles. The Morgan fingerprint density at radius 3 is 1.68 bits per heavy atom. The second kappa shape index (κ2) is 12.6. The topological polar surface area (TPSA) is 56.7 Å². The maximum Gasteiger partial charge on any atom is 0.164 e. The van der Waals surface area contributed by atoms with Crippen molar-refractivity contribution >= 4 is 75.3 Å². The molecule has 0 bridgehead atoms. The smallest absolute Gasteiger partial charge is 0.164 e. The lowest BCUT2D eigenvalue weighted by Gasteiger charge is -2.13. The zero-order chi connectivity index (χ0) is 37.5. The van der Waals surface area contributed by atoms with Crippen LogP contribution in [0.5, 0.6) is 0 Å². The van der Waals surface area contributed by atoms with Crippen LogP contribution in [0.2, 0.25) is 0 Å². The molecule has 8 aromatic carbocycles. The third-order valence-electron chi connectivity index (χ3n) is 11.1. The predicted octanol–water partition coefficient (Wildman–Crippen LogP) is 13.9. The van der Waals surface area contributed by atoms with Gasteiger partial charge in [-0.15, -0.1) is 11.3 Å². The second-order valence-electron chi connectivity index (χ2n) is 14.3. The minimum atomic E-state index is 0.589. The molecular formula is C51H30N4OS. The van der Waals surface area contributed by atoms with Gasteiger partial charge in [0, 0.05) is 58.4 Å². The number of para-hydroxylation sites is 2. The minimum Gasteiger partial charge on any atom is -0.454 e. The molecule has 0 aliphatic carbocycles. The van der Waals surface area contributed by atoms with Crippen molar-refractivity contribution < 1.29 is 4.42 Å². The minimum absolute atomic E-state index is 0.589. The summed E-state index contributed by atoms with van der Waals surface area (Å²) in [6.07, 6.45) is 0. The van der Waals surface area contributed by atoms with Crippen LogP contribution in [0, 0.1) is 0 Å². The van der Waals surface area contributed by atoms with Crippen LogP contribution in [0.1, 0.15) is 0 Å². The van der Waals surface area contributed by atoms with E-state index in [1.807, 2.05) is 78.1 Å². The highest BCUT2D eigenvalue weighted by Crippen LogP contribution is 2.46. The Bertz CT molecular complexity index is 3420. The van der Waals surface area contributed by atoms with Gasteiger partial charge in [0.05, 0.1) is 16.7 Å². The van der Waals surface area contributed by atoms with Gasteiger partial charge in [-0.2, -0.15) is 0 Å². The molecule has 12 rings (SSSR count). The average molecular weight is 747 g/mol. The number of hydrogen-bond donors (Lipinski definition) is 0. The van der Waals surface area contributed by atoms with Gasteiger partial charge in [0.1, 0.15) is 5.58 Å². The molecule has 5 nitrogen and oxygen atoms in total. The molecular weight excluding hydrogens is 717 g/mol. The first-order chi connectivity index (χ1) is 28.3. The molecule has 6 heteroatoms. The van der Waals surface area contributed by atoms with Crippen LogP contribution in [0.25, 0.3) is 115 Å². The van der Waals surface area contributed by atoms with Crippen LogP contribution in [-0.4, -0.2) is 19.5 Å². The average Bonchev–Trinajstić information content (AvgIpc) is 3.96. The van der Waals surface area contributed by atoms with Crippen molar-refractivity contribution in [3.63, 3.8) is 0 Å². The van der Waals surface area contributed by atoms with Gasteiger partial charge >= 0.3 is 0 Å². The highest BCUT2D eigenvalue weighted by molar-refractivity contribution is 7.26. The SMILES string of the molecule is c1ccc(-c2nc(-c3ccccc3)nc(-c3cccc4oc5c(-n6c7ccccc7c7ccccc76)cc(-c6cccc7c6sc6ccccc67)cc5c34)n2)cc1. The van der Waals surface area contributed by atoms with E-state index in [1.165, 1.54) is 36.5 Å². The molecule has 0 amide bonds. The van der Waals surface area contributed by atoms with E-state index in [2.05, 4.69) is 120 Å². The van der Waals surface area contributed by atoms with E-state index in [1.54, 1.807) is 0 Å². The largest absolute Gasteiger partial charge is 0.454 e. The molecule has 12 aromatic rings. The highest BCUT2D eigenvalue weighted by atomic mass is 32.1. The summed E-state index contributed by atoms with van der Waals surface area (Å²) >= 11 is 1.84. The van der Waals surface area contributed by atoms with Gasteiger partial charge in [0.2, 0.25) is 0 Å². The molecule has 57 heavy (non-hydrogen) atoms. The van der Waals surface area contributed by atoms with Gasteiger partial charge in [-0.3, -0.25) is 0 Å². The Labute approximate surface area is 330 Å². The fourth-order valence-electron chi connectivity index (χ4n) is 8.50. The summed E-state index contributed by atoms with van der Waals surface area (Å²) in [5.41, 5.74) is 9.82. The van der Waals surface area contributed by atoms with E-state index in [0.717, 1.165) is 60.9 Å². The molecule has 0 atom stereocenters. The zero-order valence-corrected chi connectivity index (χ0v) is 31.2. The van der Waals surface area contributed by atoms with Gasteiger partial charge in [-0.05, 0) is 47.5 Å². The fourth-order valence-corrected chi connectivity index (χ4v) is 9.74. The van der Waals surface area contributed by atoms with E-state index >= 15 is 0 Å². The first-order valence-corrected chi connectivity index (χ1v) is 19.8. The molecule has 0 spiro atoms. The van der Waals surface area contributed by atoms with Crippen molar-refractivity contribution in [2.75, 3.05) is 0 Å². The van der Waals surface area contributed by atoms with Crippen LogP contribution in [-0.2, 0) is 0 Å². The van der Waals surface area contributed by atoms with E-state index in [9.17, 15) is 0 Å². The summed E-state index contributed by atoms with van der Waals surface area (Å²) in [7, 11) is 0. The van der Waals surface area contributed by atoms with Gasteiger partial charge in [-0.25, -0.2) is 15.0 Å². The standard InChI is InChI=1S/C51H30N4OS/c1-3-15-31(16-4-1)49-52-50(32-17-5-2-6-18-32)54-51(53-49)39-24-14-27-44-46(39)40-29-33(34-22-13-23-38-37-21-9-12-28-45(37)57-48(34)38)30-43(47(40)56-44)55-41-25-10-7-19-35(41)36-20-8-11-26-42(36)55/h1-30H. The van der Waals surface area contributed by atoms with Gasteiger partial charge in [0.15, 0.2) is 23.1 Å². The van der Waals surface area contributed by atoms with Gasteiger partial charge in [-0.1, -0.05) is 146 Å². The van der Waals surface area contributed by atoms with Crippen molar-refractivity contribution in [3.8, 4) is 51.0 Å². The molecule has 0 radical (unpaired) electrons. The lowest BCUT2D eigenvalue weighted by atomic mass is 9.98. The molecule has 0 unspecified atom stereocenters. The van der Waals surface area contributed by atoms with Crippen molar-refractivity contribution in [2.45, 2.75) is 0 Å². The van der Waals surface area contributed by atoms with E-state index in [0.29, 0.717) is 17.5 Å². The Morgan fingerprint density at radius 1 is 0.421 bits per heavy atom. The van der Waals surface area contributed by atoms with Crippen molar-refractivity contribution in [3.05, 3.63) is 182 Å². The number of benzene rings is 8. The number of nitrogens with zero attached hydrogens (tertiary/aromatic N) is 4. The number of hydrogen-bond acceptors (Lipinski definition) is 5. The molecule has 0 saturated carbocycles. The lowest BCUT2D eigenvalue weighted by molar-refractivity contribution is 0.666. The Hall–Kier alpha value is -7.41. The van der Waals surface area contributed by atoms with Crippen molar-refractivity contribution in [2.24, 2.45) is 0 Å². The fraction of sp³-hybridized carbons (Fsp3) is 0. The van der Waals surface area contributed by atoms with Crippen LogP contribution < -0.4 is 0 Å². The molecule has 4 heterocycles. The molecule has 0 N–H and O–H groups in total. The summed E-state index contributed by atoms with van der Waals surface area (Å²) < 4.78 is 11.9. The van der Waals surface area contributed by atoms with Crippen LogP contribution in [0.4, 0.5) is 0 Å². The Balaban J connectivity index is 1.20. The maximum absolute atomic E-state index is 7.03. The quantitative estimate of drug-likeness (QED) is 0.176. The Morgan fingerprint density at radius 2 is 0.982 bits per heavy atom. The number of thiophene rings is 1. The summed E-state index contributed by atoms with van der Waals surface area (Å²) in [6, 6.07) is 63.7. The van der Waals surface area contributed by atoms with E-state index in [-0.39, 0.29) is 0 Å². The van der Waals surface area contributed by atoms with E-state index < -0.39 is 0 Å². The summed E-state index contributed by atoms with van der Waals surface area (Å²) in [5, 5.41) is 6.89. The van der Waals surface area contributed by atoms with Crippen molar-refractivity contribution in [1.29, 1.82) is 0 Å². The number of furan rings is 1. The first-order valence-electron chi connectivity index (χ1n) is 19.0. The summed E-state index contributed by atoms with van der Waals surface area (Å²) in [6.45, 7) is 0. The second-order valence-corrected chi connectivity index (χ2v) is 15.4. The molecule has 266 valence electrons. The van der Waals surface area contributed by atoms with Gasteiger partial charge < -0.3 is 8.98 Å². The van der Waals surface area contributed by atoms with Crippen LogP contribution in [0.15, 0.2) is 186 Å². The lowest BCUT2D eigenvalue weighted by Crippen LogP contribution is -2.00. The number of fused-ring (bicyclic) bond motifs is 9. The maximum atomic E-state index is 7.03. The number of aromatic nitrogens is 4. The highest BCUT2D eigenvalue weighted by Gasteiger charge is 2.23. The third-order valence-corrected chi connectivity index (χ3v) is 12.3. The first kappa shape index (κ1) is 31.9.